The number of aryl methyl sites for hydroxylation is 1. The lowest BCUT2D eigenvalue weighted by molar-refractivity contribution is 0.0926. The zero-order chi connectivity index (χ0) is 15.2. The fourth-order valence-electron chi connectivity index (χ4n) is 3.16. The van der Waals surface area contributed by atoms with Crippen molar-refractivity contribution in [2.45, 2.75) is 58.9 Å². The van der Waals surface area contributed by atoms with E-state index in [1.807, 2.05) is 19.1 Å². The predicted molar refractivity (Wildman–Crippen MR) is 88.8 cm³/mol. The molecule has 1 aromatic carbocycles. The lowest BCUT2D eigenvalue weighted by atomic mass is 9.99. The van der Waals surface area contributed by atoms with Gasteiger partial charge in [0, 0.05) is 23.8 Å². The van der Waals surface area contributed by atoms with Gasteiger partial charge in [-0.05, 0) is 62.8 Å². The SMILES string of the molecule is CCCNc1ccc(C(=O)NC(C)C2CCCC2)c(C)c1. The standard InChI is InChI=1S/C18H28N2O/c1-4-11-19-16-9-10-17(13(2)12-16)18(21)20-14(3)15-7-5-6-8-15/h9-10,12,14-15,19H,4-8,11H2,1-3H3,(H,20,21). The fraction of sp³-hybridized carbons (Fsp3) is 0.611. The minimum atomic E-state index is 0.0638. The number of amides is 1. The van der Waals surface area contributed by atoms with E-state index >= 15 is 0 Å². The second kappa shape index (κ2) is 7.48. The van der Waals surface area contributed by atoms with Gasteiger partial charge in [-0.1, -0.05) is 19.8 Å². The van der Waals surface area contributed by atoms with Crippen LogP contribution in [0.4, 0.5) is 5.69 Å². The third-order valence-electron chi connectivity index (χ3n) is 4.52. The van der Waals surface area contributed by atoms with Gasteiger partial charge in [0.15, 0.2) is 0 Å². The molecule has 2 rings (SSSR count). The maximum Gasteiger partial charge on any atom is 0.251 e. The highest BCUT2D eigenvalue weighted by molar-refractivity contribution is 5.96. The Bertz CT molecular complexity index is 478. The molecule has 1 aliphatic rings. The third-order valence-corrected chi connectivity index (χ3v) is 4.52. The Labute approximate surface area is 128 Å². The molecule has 1 unspecified atom stereocenters. The van der Waals surface area contributed by atoms with Crippen LogP contribution in [0.15, 0.2) is 18.2 Å². The van der Waals surface area contributed by atoms with Gasteiger partial charge < -0.3 is 10.6 Å². The van der Waals surface area contributed by atoms with E-state index in [1.54, 1.807) is 0 Å². The zero-order valence-corrected chi connectivity index (χ0v) is 13.5. The molecule has 116 valence electrons. The summed E-state index contributed by atoms with van der Waals surface area (Å²) in [6, 6.07) is 6.27. The van der Waals surface area contributed by atoms with E-state index < -0.39 is 0 Å². The van der Waals surface area contributed by atoms with E-state index in [4.69, 9.17) is 0 Å². The minimum Gasteiger partial charge on any atom is -0.385 e. The lowest BCUT2D eigenvalue weighted by Crippen LogP contribution is -2.37. The molecule has 0 aromatic heterocycles. The first kappa shape index (κ1) is 15.9. The number of hydrogen-bond acceptors (Lipinski definition) is 2. The van der Waals surface area contributed by atoms with Gasteiger partial charge in [-0.2, -0.15) is 0 Å². The van der Waals surface area contributed by atoms with Crippen molar-refractivity contribution in [1.29, 1.82) is 0 Å². The quantitative estimate of drug-likeness (QED) is 0.826. The van der Waals surface area contributed by atoms with Gasteiger partial charge in [-0.3, -0.25) is 4.79 Å². The number of rotatable bonds is 6. The van der Waals surface area contributed by atoms with Gasteiger partial charge in [0.1, 0.15) is 0 Å². The van der Waals surface area contributed by atoms with Crippen molar-refractivity contribution in [2.24, 2.45) is 5.92 Å². The van der Waals surface area contributed by atoms with Crippen LogP contribution in [0.1, 0.15) is 61.9 Å². The zero-order valence-electron chi connectivity index (χ0n) is 13.5. The van der Waals surface area contributed by atoms with Crippen LogP contribution in [0, 0.1) is 12.8 Å². The molecule has 0 radical (unpaired) electrons. The molecule has 2 N–H and O–H groups in total. The van der Waals surface area contributed by atoms with Crippen molar-refractivity contribution in [2.75, 3.05) is 11.9 Å². The van der Waals surface area contributed by atoms with E-state index in [-0.39, 0.29) is 11.9 Å². The number of carbonyl (C=O) groups excluding carboxylic acids is 1. The largest absolute Gasteiger partial charge is 0.385 e. The van der Waals surface area contributed by atoms with Crippen molar-refractivity contribution in [3.63, 3.8) is 0 Å². The highest BCUT2D eigenvalue weighted by Crippen LogP contribution is 2.27. The molecule has 1 amide bonds. The first-order valence-corrected chi connectivity index (χ1v) is 8.27. The summed E-state index contributed by atoms with van der Waals surface area (Å²) in [5.74, 6) is 0.716. The van der Waals surface area contributed by atoms with Crippen LogP contribution in [-0.2, 0) is 0 Å². The van der Waals surface area contributed by atoms with E-state index in [2.05, 4.69) is 30.5 Å². The normalized spacial score (nSPS) is 16.7. The molecule has 1 aromatic rings. The molecule has 0 heterocycles. The summed E-state index contributed by atoms with van der Waals surface area (Å²) in [5, 5.41) is 6.54. The summed E-state index contributed by atoms with van der Waals surface area (Å²) >= 11 is 0. The number of anilines is 1. The summed E-state index contributed by atoms with van der Waals surface area (Å²) in [4.78, 5) is 12.4. The average molecular weight is 288 g/mol. The first-order valence-electron chi connectivity index (χ1n) is 8.27. The van der Waals surface area contributed by atoms with Crippen LogP contribution >= 0.6 is 0 Å². The van der Waals surface area contributed by atoms with Gasteiger partial charge in [0.05, 0.1) is 0 Å². The second-order valence-corrected chi connectivity index (χ2v) is 6.26. The molecule has 3 nitrogen and oxygen atoms in total. The topological polar surface area (TPSA) is 41.1 Å². The first-order chi connectivity index (χ1) is 10.1. The summed E-state index contributed by atoms with van der Waals surface area (Å²) in [6.45, 7) is 7.25. The van der Waals surface area contributed by atoms with Gasteiger partial charge in [0.25, 0.3) is 5.91 Å². The Morgan fingerprint density at radius 1 is 1.33 bits per heavy atom. The third kappa shape index (κ3) is 4.23. The average Bonchev–Trinajstić information content (AvgIpc) is 2.99. The molecule has 1 atom stereocenters. The molecule has 0 bridgehead atoms. The lowest BCUT2D eigenvalue weighted by Gasteiger charge is -2.21. The van der Waals surface area contributed by atoms with Crippen LogP contribution < -0.4 is 10.6 Å². The summed E-state index contributed by atoms with van der Waals surface area (Å²) < 4.78 is 0. The fourth-order valence-corrected chi connectivity index (χ4v) is 3.16. The molecule has 0 aliphatic heterocycles. The maximum absolute atomic E-state index is 12.4. The van der Waals surface area contributed by atoms with Gasteiger partial charge in [-0.15, -0.1) is 0 Å². The number of benzene rings is 1. The molecule has 1 fully saturated rings. The molecule has 0 spiro atoms. The Morgan fingerprint density at radius 2 is 2.05 bits per heavy atom. The summed E-state index contributed by atoms with van der Waals surface area (Å²) in [5.41, 5.74) is 2.92. The van der Waals surface area contributed by atoms with Gasteiger partial charge >= 0.3 is 0 Å². The van der Waals surface area contributed by atoms with Crippen molar-refractivity contribution < 1.29 is 4.79 Å². The molecule has 21 heavy (non-hydrogen) atoms. The molecule has 3 heteroatoms. The molecular weight excluding hydrogens is 260 g/mol. The van der Waals surface area contributed by atoms with Crippen molar-refractivity contribution in [1.82, 2.24) is 5.32 Å². The Balaban J connectivity index is 1.98. The molecule has 1 aliphatic carbocycles. The number of carbonyl (C=O) groups is 1. The maximum atomic E-state index is 12.4. The van der Waals surface area contributed by atoms with Crippen LogP contribution in [0.2, 0.25) is 0 Å². The number of nitrogens with one attached hydrogen (secondary N) is 2. The van der Waals surface area contributed by atoms with Crippen LogP contribution in [0.25, 0.3) is 0 Å². The smallest absolute Gasteiger partial charge is 0.251 e. The van der Waals surface area contributed by atoms with Gasteiger partial charge in [-0.25, -0.2) is 0 Å². The monoisotopic (exact) mass is 288 g/mol. The van der Waals surface area contributed by atoms with Crippen molar-refractivity contribution >= 4 is 11.6 Å². The van der Waals surface area contributed by atoms with Crippen LogP contribution in [-0.4, -0.2) is 18.5 Å². The summed E-state index contributed by atoms with van der Waals surface area (Å²) in [7, 11) is 0. The van der Waals surface area contributed by atoms with Crippen molar-refractivity contribution in [3.8, 4) is 0 Å². The Kier molecular flexibility index (Phi) is 5.66. The van der Waals surface area contributed by atoms with E-state index in [9.17, 15) is 4.79 Å². The second-order valence-electron chi connectivity index (χ2n) is 6.26. The highest BCUT2D eigenvalue weighted by atomic mass is 16.1. The molecule has 0 saturated heterocycles. The minimum absolute atomic E-state index is 0.0638. The number of hydrogen-bond donors (Lipinski definition) is 2. The van der Waals surface area contributed by atoms with Gasteiger partial charge in [0.2, 0.25) is 0 Å². The van der Waals surface area contributed by atoms with Crippen LogP contribution in [0.5, 0.6) is 0 Å². The Hall–Kier alpha value is -1.51. The Morgan fingerprint density at radius 3 is 2.67 bits per heavy atom. The molecule has 1 saturated carbocycles. The predicted octanol–water partition coefficient (Wildman–Crippen LogP) is 4.13. The van der Waals surface area contributed by atoms with Crippen LogP contribution in [0.3, 0.4) is 0 Å². The summed E-state index contributed by atoms with van der Waals surface area (Å²) in [6.07, 6.45) is 6.21. The van der Waals surface area contributed by atoms with E-state index in [1.165, 1.54) is 25.7 Å². The highest BCUT2D eigenvalue weighted by Gasteiger charge is 2.23. The molecular formula is C18H28N2O. The van der Waals surface area contributed by atoms with E-state index in [0.717, 1.165) is 29.8 Å². The van der Waals surface area contributed by atoms with Crippen molar-refractivity contribution in [3.05, 3.63) is 29.3 Å². The van der Waals surface area contributed by atoms with E-state index in [0.29, 0.717) is 5.92 Å².